The number of amides is 1. The van der Waals surface area contributed by atoms with Crippen LogP contribution in [-0.2, 0) is 9.47 Å². The fourth-order valence-corrected chi connectivity index (χ4v) is 4.28. The van der Waals surface area contributed by atoms with Gasteiger partial charge in [0.2, 0.25) is 0 Å². The Morgan fingerprint density at radius 1 is 1.35 bits per heavy atom. The van der Waals surface area contributed by atoms with Crippen molar-refractivity contribution in [1.82, 2.24) is 19.8 Å². The smallest absolute Gasteiger partial charge is 0.274 e. The van der Waals surface area contributed by atoms with Crippen molar-refractivity contribution < 1.29 is 14.3 Å². The van der Waals surface area contributed by atoms with Gasteiger partial charge in [0.1, 0.15) is 11.5 Å². The molecule has 2 atom stereocenters. The first kappa shape index (κ1) is 17.6. The molecule has 4 heterocycles. The van der Waals surface area contributed by atoms with Crippen LogP contribution in [0.5, 0.6) is 0 Å². The molecular formula is C18H27N5O3. The van der Waals surface area contributed by atoms with Crippen LogP contribution >= 0.6 is 0 Å². The van der Waals surface area contributed by atoms with Crippen molar-refractivity contribution >= 4 is 11.7 Å². The highest BCUT2D eigenvalue weighted by Gasteiger charge is 2.51. The molecule has 4 rings (SSSR count). The molecule has 3 fully saturated rings. The average molecular weight is 361 g/mol. The fraction of sp³-hybridized carbons (Fsp3) is 0.722. The zero-order valence-corrected chi connectivity index (χ0v) is 15.6. The van der Waals surface area contributed by atoms with Crippen molar-refractivity contribution in [2.24, 2.45) is 11.3 Å². The van der Waals surface area contributed by atoms with Crippen molar-refractivity contribution in [2.75, 3.05) is 78.1 Å². The van der Waals surface area contributed by atoms with Crippen LogP contribution in [0.15, 0.2) is 12.4 Å². The van der Waals surface area contributed by atoms with Gasteiger partial charge in [-0.05, 0) is 7.05 Å². The van der Waals surface area contributed by atoms with Crippen LogP contribution < -0.4 is 4.90 Å². The molecule has 1 amide bonds. The third-order valence-corrected chi connectivity index (χ3v) is 5.91. The lowest BCUT2D eigenvalue weighted by Crippen LogP contribution is -2.47. The van der Waals surface area contributed by atoms with Crippen molar-refractivity contribution in [3.05, 3.63) is 18.1 Å². The molecule has 0 spiro atoms. The van der Waals surface area contributed by atoms with Gasteiger partial charge >= 0.3 is 0 Å². The van der Waals surface area contributed by atoms with Crippen molar-refractivity contribution in [2.45, 2.75) is 0 Å². The predicted octanol–water partition coefficient (Wildman–Crippen LogP) is -0.0366. The Bertz CT molecular complexity index is 664. The van der Waals surface area contributed by atoms with Gasteiger partial charge in [0.05, 0.1) is 32.2 Å². The van der Waals surface area contributed by atoms with Crippen LogP contribution in [0.1, 0.15) is 10.5 Å². The molecule has 0 aromatic carbocycles. The summed E-state index contributed by atoms with van der Waals surface area (Å²) in [5.41, 5.74) is 0.453. The zero-order chi connectivity index (χ0) is 18.1. The molecule has 1 aromatic heterocycles. The zero-order valence-electron chi connectivity index (χ0n) is 15.6. The summed E-state index contributed by atoms with van der Waals surface area (Å²) in [6.45, 7) is 7.11. The number of anilines is 1. The highest BCUT2D eigenvalue weighted by molar-refractivity contribution is 5.92. The van der Waals surface area contributed by atoms with Gasteiger partial charge in [0.15, 0.2) is 0 Å². The van der Waals surface area contributed by atoms with Crippen molar-refractivity contribution in [3.8, 4) is 0 Å². The minimum atomic E-state index is -0.0261. The number of likely N-dealkylation sites (N-methyl/N-ethyl adjacent to an activating group) is 1. The monoisotopic (exact) mass is 361 g/mol. The lowest BCUT2D eigenvalue weighted by molar-refractivity contribution is 0.0654. The van der Waals surface area contributed by atoms with Gasteiger partial charge in [-0.2, -0.15) is 0 Å². The molecular weight excluding hydrogens is 334 g/mol. The molecule has 3 aliphatic rings. The van der Waals surface area contributed by atoms with Crippen LogP contribution in [0.2, 0.25) is 0 Å². The second-order valence-electron chi connectivity index (χ2n) is 7.75. The molecule has 142 valence electrons. The molecule has 0 saturated carbocycles. The van der Waals surface area contributed by atoms with Crippen LogP contribution in [0.4, 0.5) is 5.82 Å². The van der Waals surface area contributed by atoms with E-state index in [4.69, 9.17) is 9.47 Å². The topological polar surface area (TPSA) is 71.0 Å². The Kier molecular flexibility index (Phi) is 4.81. The minimum absolute atomic E-state index is 0.0217. The van der Waals surface area contributed by atoms with Gasteiger partial charge in [-0.15, -0.1) is 0 Å². The van der Waals surface area contributed by atoms with Crippen LogP contribution in [-0.4, -0.2) is 98.9 Å². The number of hydrogen-bond donors (Lipinski definition) is 0. The first-order valence-electron chi connectivity index (χ1n) is 9.23. The third-order valence-electron chi connectivity index (χ3n) is 5.91. The number of ether oxygens (including phenoxy) is 2. The summed E-state index contributed by atoms with van der Waals surface area (Å²) in [4.78, 5) is 28.0. The summed E-state index contributed by atoms with van der Waals surface area (Å²) in [5, 5.41) is 0. The van der Waals surface area contributed by atoms with E-state index in [0.29, 0.717) is 18.2 Å². The summed E-state index contributed by atoms with van der Waals surface area (Å²) >= 11 is 0. The summed E-state index contributed by atoms with van der Waals surface area (Å²) < 4.78 is 11.2. The van der Waals surface area contributed by atoms with Gasteiger partial charge in [0.25, 0.3) is 5.91 Å². The normalized spacial score (nSPS) is 29.2. The second kappa shape index (κ2) is 7.09. The number of methoxy groups -OCH3 is 1. The van der Waals surface area contributed by atoms with E-state index in [1.54, 1.807) is 19.5 Å². The van der Waals surface area contributed by atoms with E-state index in [0.717, 1.165) is 58.3 Å². The number of fused-ring (bicyclic) bond motifs is 1. The van der Waals surface area contributed by atoms with E-state index in [2.05, 4.69) is 26.8 Å². The molecule has 0 unspecified atom stereocenters. The number of piperazine rings is 1. The molecule has 0 N–H and O–H groups in total. The molecule has 0 bridgehead atoms. The SMILES string of the molecule is COC[C@@]12COC[C@@H]1CN(c1cncc(C(=O)N3CCN(C)CC3)n1)C2. The van der Waals surface area contributed by atoms with Gasteiger partial charge in [-0.3, -0.25) is 9.78 Å². The summed E-state index contributed by atoms with van der Waals surface area (Å²) in [5.74, 6) is 1.18. The first-order chi connectivity index (χ1) is 12.6. The maximum atomic E-state index is 12.8. The number of aromatic nitrogens is 2. The molecule has 1 aromatic rings. The number of nitrogens with zero attached hydrogens (tertiary/aromatic N) is 5. The highest BCUT2D eigenvalue weighted by Crippen LogP contribution is 2.42. The van der Waals surface area contributed by atoms with Crippen LogP contribution in [0.25, 0.3) is 0 Å². The number of hydrogen-bond acceptors (Lipinski definition) is 7. The Balaban J connectivity index is 1.49. The first-order valence-corrected chi connectivity index (χ1v) is 9.23. The molecule has 8 nitrogen and oxygen atoms in total. The lowest BCUT2D eigenvalue weighted by Gasteiger charge is -2.32. The van der Waals surface area contributed by atoms with Crippen LogP contribution in [0.3, 0.4) is 0 Å². The summed E-state index contributed by atoms with van der Waals surface area (Å²) in [7, 11) is 3.81. The van der Waals surface area contributed by atoms with E-state index in [9.17, 15) is 4.79 Å². The number of carbonyl (C=O) groups excluding carboxylic acids is 1. The van der Waals surface area contributed by atoms with Crippen LogP contribution in [0, 0.1) is 11.3 Å². The molecule has 3 aliphatic heterocycles. The van der Waals surface area contributed by atoms with E-state index in [1.807, 2.05) is 4.90 Å². The fourth-order valence-electron chi connectivity index (χ4n) is 4.28. The average Bonchev–Trinajstić information content (AvgIpc) is 3.19. The number of rotatable bonds is 4. The molecule has 3 saturated heterocycles. The highest BCUT2D eigenvalue weighted by atomic mass is 16.5. The van der Waals surface area contributed by atoms with E-state index >= 15 is 0 Å². The van der Waals surface area contributed by atoms with E-state index < -0.39 is 0 Å². The van der Waals surface area contributed by atoms with Gasteiger partial charge in [-0.1, -0.05) is 0 Å². The van der Waals surface area contributed by atoms with Gasteiger partial charge in [-0.25, -0.2) is 4.98 Å². The quantitative estimate of drug-likeness (QED) is 0.745. The molecule has 0 radical (unpaired) electrons. The van der Waals surface area contributed by atoms with Gasteiger partial charge < -0.3 is 24.2 Å². The van der Waals surface area contributed by atoms with Crippen molar-refractivity contribution in [3.63, 3.8) is 0 Å². The largest absolute Gasteiger partial charge is 0.384 e. The summed E-state index contributed by atoms with van der Waals surface area (Å²) in [6, 6.07) is 0. The minimum Gasteiger partial charge on any atom is -0.384 e. The van der Waals surface area contributed by atoms with Gasteiger partial charge in [0, 0.05) is 57.7 Å². The third kappa shape index (κ3) is 3.17. The van der Waals surface area contributed by atoms with E-state index in [-0.39, 0.29) is 11.3 Å². The Morgan fingerprint density at radius 3 is 2.92 bits per heavy atom. The molecule has 0 aliphatic carbocycles. The second-order valence-corrected chi connectivity index (χ2v) is 7.75. The Hall–Kier alpha value is -1.77. The molecule has 26 heavy (non-hydrogen) atoms. The van der Waals surface area contributed by atoms with Crippen molar-refractivity contribution in [1.29, 1.82) is 0 Å². The lowest BCUT2D eigenvalue weighted by atomic mass is 9.82. The summed E-state index contributed by atoms with van der Waals surface area (Å²) in [6.07, 6.45) is 3.33. The van der Waals surface area contributed by atoms with E-state index in [1.165, 1.54) is 0 Å². The molecule has 8 heteroatoms. The predicted molar refractivity (Wildman–Crippen MR) is 96.3 cm³/mol. The number of carbonyl (C=O) groups is 1. The standard InChI is InChI=1S/C18H27N5O3/c1-21-3-5-22(6-4-21)17(24)15-7-19-8-16(20-15)23-9-14-10-26-13-18(14,11-23)12-25-2/h7-8,14H,3-6,9-13H2,1-2H3/t14-,18-/m0/s1. The maximum absolute atomic E-state index is 12.8. The maximum Gasteiger partial charge on any atom is 0.274 e. The Morgan fingerprint density at radius 2 is 2.15 bits per heavy atom. The Labute approximate surface area is 154 Å².